The number of nitrogens with one attached hydrogen (secondary N) is 1. The van der Waals surface area contributed by atoms with Crippen LogP contribution in [0.2, 0.25) is 0 Å². The molecule has 7 nitrogen and oxygen atoms in total. The predicted octanol–water partition coefficient (Wildman–Crippen LogP) is 3.60. The molecule has 2 aromatic carbocycles. The number of benzene rings is 2. The minimum atomic E-state index is -3.88. The van der Waals surface area contributed by atoms with E-state index in [0.29, 0.717) is 5.56 Å². The number of sulfonamides is 1. The smallest absolute Gasteiger partial charge is 0.269 e. The number of non-ortho nitro benzene ring substituents is 1. The Bertz CT molecular complexity index is 869. The predicted molar refractivity (Wildman–Crippen MR) is 91.1 cm³/mol. The molecule has 0 unspecified atom stereocenters. The van der Waals surface area contributed by atoms with Crippen LogP contribution in [0.15, 0.2) is 47.4 Å². The fraction of sp³-hybridized carbons (Fsp3) is 0.188. The number of aryl methyl sites for hydroxylation is 1. The van der Waals surface area contributed by atoms with E-state index in [1.165, 1.54) is 6.07 Å². The maximum atomic E-state index is 12.2. The standard InChI is InChI=1S/C14H11N3O4S.C2H6/c1-10-2-3-12(8-11(10)9-15)16-22(20,21)14-6-4-13(5-7-14)17(18)19;1-2/h2-8,16H,1H3;1-2H3. The molecule has 0 spiro atoms. The first-order valence-corrected chi connectivity index (χ1v) is 8.60. The van der Waals surface area contributed by atoms with E-state index in [1.54, 1.807) is 19.1 Å². The molecule has 0 aliphatic heterocycles. The van der Waals surface area contributed by atoms with Gasteiger partial charge < -0.3 is 0 Å². The number of nitro benzene ring substituents is 1. The van der Waals surface area contributed by atoms with Gasteiger partial charge in [0, 0.05) is 12.1 Å². The Morgan fingerprint density at radius 3 is 2.21 bits per heavy atom. The summed E-state index contributed by atoms with van der Waals surface area (Å²) in [6.45, 7) is 5.74. The van der Waals surface area contributed by atoms with Crippen LogP contribution in [0.3, 0.4) is 0 Å². The molecule has 0 aliphatic rings. The number of rotatable bonds is 4. The Labute approximate surface area is 140 Å². The summed E-state index contributed by atoms with van der Waals surface area (Å²) in [6, 6.07) is 11.1. The number of nitro groups is 1. The summed E-state index contributed by atoms with van der Waals surface area (Å²) in [5, 5.41) is 19.5. The van der Waals surface area contributed by atoms with Crippen LogP contribution >= 0.6 is 0 Å². The molecule has 24 heavy (non-hydrogen) atoms. The number of nitriles is 1. The average Bonchev–Trinajstić information content (AvgIpc) is 2.58. The fourth-order valence-electron chi connectivity index (χ4n) is 1.77. The van der Waals surface area contributed by atoms with E-state index in [-0.39, 0.29) is 16.3 Å². The van der Waals surface area contributed by atoms with Gasteiger partial charge in [0.1, 0.15) is 0 Å². The Kier molecular flexibility index (Phi) is 6.44. The van der Waals surface area contributed by atoms with Crippen molar-refractivity contribution in [2.75, 3.05) is 4.72 Å². The molecule has 0 saturated carbocycles. The van der Waals surface area contributed by atoms with Crippen molar-refractivity contribution < 1.29 is 13.3 Å². The Morgan fingerprint density at radius 1 is 1.12 bits per heavy atom. The van der Waals surface area contributed by atoms with Crippen molar-refractivity contribution in [2.24, 2.45) is 0 Å². The van der Waals surface area contributed by atoms with Gasteiger partial charge in [-0.25, -0.2) is 8.42 Å². The molecule has 0 bridgehead atoms. The molecule has 0 saturated heterocycles. The van der Waals surface area contributed by atoms with Gasteiger partial charge in [-0.3, -0.25) is 14.8 Å². The van der Waals surface area contributed by atoms with Gasteiger partial charge in [0.05, 0.1) is 27.1 Å². The zero-order valence-electron chi connectivity index (χ0n) is 13.5. The summed E-state index contributed by atoms with van der Waals surface area (Å²) in [5.74, 6) is 0. The Hall–Kier alpha value is -2.92. The molecule has 126 valence electrons. The van der Waals surface area contributed by atoms with E-state index in [9.17, 15) is 18.5 Å². The molecule has 0 aromatic heterocycles. The van der Waals surface area contributed by atoms with Gasteiger partial charge in [0.2, 0.25) is 0 Å². The van der Waals surface area contributed by atoms with Gasteiger partial charge in [0.25, 0.3) is 15.7 Å². The monoisotopic (exact) mass is 347 g/mol. The van der Waals surface area contributed by atoms with Crippen LogP contribution in [0.5, 0.6) is 0 Å². The lowest BCUT2D eigenvalue weighted by molar-refractivity contribution is -0.384. The molecule has 2 rings (SSSR count). The first-order valence-electron chi connectivity index (χ1n) is 7.11. The Balaban J connectivity index is 0.00000139. The summed E-state index contributed by atoms with van der Waals surface area (Å²) in [6.07, 6.45) is 0. The zero-order chi connectivity index (χ0) is 18.3. The minimum absolute atomic E-state index is 0.0998. The molecule has 2 aromatic rings. The lowest BCUT2D eigenvalue weighted by Crippen LogP contribution is -2.13. The summed E-state index contributed by atoms with van der Waals surface area (Å²) in [7, 11) is -3.88. The summed E-state index contributed by atoms with van der Waals surface area (Å²) >= 11 is 0. The van der Waals surface area contributed by atoms with Crippen LogP contribution in [0.4, 0.5) is 11.4 Å². The van der Waals surface area contributed by atoms with Gasteiger partial charge in [-0.15, -0.1) is 0 Å². The van der Waals surface area contributed by atoms with Crippen LogP contribution in [0.1, 0.15) is 25.0 Å². The van der Waals surface area contributed by atoms with Crippen molar-refractivity contribution >= 4 is 21.4 Å². The van der Waals surface area contributed by atoms with Crippen LogP contribution in [0.25, 0.3) is 0 Å². The summed E-state index contributed by atoms with van der Waals surface area (Å²) < 4.78 is 26.7. The largest absolute Gasteiger partial charge is 0.280 e. The van der Waals surface area contributed by atoms with Crippen molar-refractivity contribution in [2.45, 2.75) is 25.7 Å². The van der Waals surface area contributed by atoms with Crippen molar-refractivity contribution in [3.8, 4) is 6.07 Å². The van der Waals surface area contributed by atoms with Crippen molar-refractivity contribution in [3.63, 3.8) is 0 Å². The maximum absolute atomic E-state index is 12.2. The molecular formula is C16H17N3O4S. The fourth-order valence-corrected chi connectivity index (χ4v) is 2.82. The molecule has 0 amide bonds. The van der Waals surface area contributed by atoms with E-state index in [4.69, 9.17) is 5.26 Å². The highest BCUT2D eigenvalue weighted by atomic mass is 32.2. The van der Waals surface area contributed by atoms with Gasteiger partial charge in [-0.1, -0.05) is 19.9 Å². The third kappa shape index (κ3) is 4.54. The van der Waals surface area contributed by atoms with Crippen LogP contribution in [-0.4, -0.2) is 13.3 Å². The lowest BCUT2D eigenvalue weighted by atomic mass is 10.1. The van der Waals surface area contributed by atoms with Crippen molar-refractivity contribution in [3.05, 3.63) is 63.7 Å². The zero-order valence-corrected chi connectivity index (χ0v) is 14.3. The highest BCUT2D eigenvalue weighted by Crippen LogP contribution is 2.21. The van der Waals surface area contributed by atoms with Crippen molar-refractivity contribution in [1.29, 1.82) is 5.26 Å². The minimum Gasteiger partial charge on any atom is -0.280 e. The lowest BCUT2D eigenvalue weighted by Gasteiger charge is -2.09. The maximum Gasteiger partial charge on any atom is 0.269 e. The highest BCUT2D eigenvalue weighted by molar-refractivity contribution is 7.92. The van der Waals surface area contributed by atoms with E-state index in [1.807, 2.05) is 19.9 Å². The second-order valence-corrected chi connectivity index (χ2v) is 6.18. The third-order valence-electron chi connectivity index (χ3n) is 2.97. The normalized spacial score (nSPS) is 10.1. The van der Waals surface area contributed by atoms with Crippen LogP contribution < -0.4 is 4.72 Å². The van der Waals surface area contributed by atoms with E-state index >= 15 is 0 Å². The average molecular weight is 347 g/mol. The molecule has 1 N–H and O–H groups in total. The van der Waals surface area contributed by atoms with E-state index in [2.05, 4.69) is 4.72 Å². The Morgan fingerprint density at radius 2 is 1.71 bits per heavy atom. The molecule has 0 radical (unpaired) electrons. The third-order valence-corrected chi connectivity index (χ3v) is 4.37. The van der Waals surface area contributed by atoms with Crippen LogP contribution in [-0.2, 0) is 10.0 Å². The molecular weight excluding hydrogens is 330 g/mol. The summed E-state index contributed by atoms with van der Waals surface area (Å²) in [4.78, 5) is 9.86. The van der Waals surface area contributed by atoms with E-state index in [0.717, 1.165) is 29.8 Å². The highest BCUT2D eigenvalue weighted by Gasteiger charge is 2.16. The van der Waals surface area contributed by atoms with Gasteiger partial charge in [0.15, 0.2) is 0 Å². The number of nitrogens with zero attached hydrogens (tertiary/aromatic N) is 2. The SMILES string of the molecule is CC.Cc1ccc(NS(=O)(=O)c2ccc([N+](=O)[O-])cc2)cc1C#N. The molecule has 8 heteroatoms. The summed E-state index contributed by atoms with van der Waals surface area (Å²) in [5.41, 5.74) is 1.16. The first kappa shape index (κ1) is 19.1. The van der Waals surface area contributed by atoms with Gasteiger partial charge >= 0.3 is 0 Å². The first-order chi connectivity index (χ1) is 11.3. The second-order valence-electron chi connectivity index (χ2n) is 4.50. The molecule has 0 heterocycles. The van der Waals surface area contributed by atoms with Crippen LogP contribution in [0, 0.1) is 28.4 Å². The number of hydrogen-bond acceptors (Lipinski definition) is 5. The van der Waals surface area contributed by atoms with E-state index < -0.39 is 14.9 Å². The van der Waals surface area contributed by atoms with Crippen molar-refractivity contribution in [1.82, 2.24) is 0 Å². The second kappa shape index (κ2) is 8.08. The van der Waals surface area contributed by atoms with Gasteiger partial charge in [-0.05, 0) is 36.8 Å². The molecule has 0 fully saturated rings. The molecule has 0 aliphatic carbocycles. The molecule has 0 atom stereocenters. The van der Waals surface area contributed by atoms with Gasteiger partial charge in [-0.2, -0.15) is 5.26 Å². The number of hydrogen-bond donors (Lipinski definition) is 1. The quantitative estimate of drug-likeness (QED) is 0.670. The topological polar surface area (TPSA) is 113 Å². The number of anilines is 1.